The molecule has 0 unspecified atom stereocenters. The normalized spacial score (nSPS) is 13.6. The number of esters is 1. The molecule has 0 bridgehead atoms. The third kappa shape index (κ3) is 6.62. The third-order valence-corrected chi connectivity index (χ3v) is 5.54. The molecule has 0 saturated carbocycles. The van der Waals surface area contributed by atoms with Gasteiger partial charge in [-0.05, 0) is 53.3 Å². The molecule has 0 N–H and O–H groups in total. The van der Waals surface area contributed by atoms with Gasteiger partial charge in [-0.2, -0.15) is 34.8 Å². The van der Waals surface area contributed by atoms with Crippen LogP contribution in [0.3, 0.4) is 0 Å². The van der Waals surface area contributed by atoms with Crippen LogP contribution in [0.1, 0.15) is 37.3 Å². The largest absolute Gasteiger partial charge is 0.534 e. The van der Waals surface area contributed by atoms with Crippen LogP contribution in [0.25, 0.3) is 11.1 Å². The zero-order valence-corrected chi connectivity index (χ0v) is 18.4. The highest BCUT2D eigenvalue weighted by molar-refractivity contribution is 7.88. The summed E-state index contributed by atoms with van der Waals surface area (Å²) in [6.07, 6.45) is -4.41. The number of methoxy groups -OCH3 is 1. The number of rotatable bonds is 7. The van der Waals surface area contributed by atoms with Crippen molar-refractivity contribution in [3.63, 3.8) is 0 Å². The Kier molecular flexibility index (Phi) is 7.72. The lowest BCUT2D eigenvalue weighted by Crippen LogP contribution is -2.28. The van der Waals surface area contributed by atoms with Gasteiger partial charge in [0.25, 0.3) is 0 Å². The quantitative estimate of drug-likeness (QED) is 0.206. The molecule has 0 amide bonds. The first-order valence-electron chi connectivity index (χ1n) is 9.46. The molecule has 0 fully saturated rings. The first-order valence-corrected chi connectivity index (χ1v) is 10.9. The Bertz CT molecular complexity index is 1090. The molecule has 0 aromatic heterocycles. The molecule has 0 heterocycles. The van der Waals surface area contributed by atoms with Crippen LogP contribution in [0, 0.1) is 5.92 Å². The number of hydrogen-bond acceptors (Lipinski definition) is 5. The number of carbonyl (C=O) groups is 1. The minimum atomic E-state index is -6.03. The van der Waals surface area contributed by atoms with Gasteiger partial charge in [0.15, 0.2) is 0 Å². The van der Waals surface area contributed by atoms with Crippen molar-refractivity contribution in [2.75, 3.05) is 7.11 Å². The highest BCUT2D eigenvalue weighted by atomic mass is 32.2. The van der Waals surface area contributed by atoms with Gasteiger partial charge in [0.1, 0.15) is 5.75 Å². The fourth-order valence-electron chi connectivity index (χ4n) is 3.05. The summed E-state index contributed by atoms with van der Waals surface area (Å²) in [7, 11) is -4.92. The minimum Gasteiger partial charge on any atom is -0.469 e. The van der Waals surface area contributed by atoms with Crippen molar-refractivity contribution in [3.05, 3.63) is 53.6 Å². The van der Waals surface area contributed by atoms with Gasteiger partial charge in [-0.3, -0.25) is 4.79 Å². The van der Waals surface area contributed by atoms with Gasteiger partial charge in [0, 0.05) is 0 Å². The van der Waals surface area contributed by atoms with E-state index in [1.54, 1.807) is 13.8 Å². The maximum Gasteiger partial charge on any atom is 0.534 e. The number of carbonyl (C=O) groups excluding carboxylic acids is 1. The maximum absolute atomic E-state index is 12.9. The molecule has 2 aromatic carbocycles. The highest BCUT2D eigenvalue weighted by Crippen LogP contribution is 2.36. The molecule has 2 rings (SSSR count). The van der Waals surface area contributed by atoms with Gasteiger partial charge in [-0.15, -0.1) is 0 Å². The molecule has 1 atom stereocenters. The van der Waals surface area contributed by atoms with Crippen molar-refractivity contribution in [1.82, 2.24) is 0 Å². The molecule has 0 aliphatic heterocycles. The predicted molar refractivity (Wildman–Crippen MR) is 107 cm³/mol. The Labute approximate surface area is 186 Å². The second-order valence-corrected chi connectivity index (χ2v) is 9.09. The number of ether oxygens (including phenoxy) is 1. The molecule has 0 radical (unpaired) electrons. The fourth-order valence-corrected chi connectivity index (χ4v) is 3.49. The second-order valence-electron chi connectivity index (χ2n) is 7.55. The van der Waals surface area contributed by atoms with Crippen molar-refractivity contribution in [1.29, 1.82) is 0 Å². The molecule has 12 heteroatoms. The summed E-state index contributed by atoms with van der Waals surface area (Å²) in [5.41, 5.74) is -6.40. The van der Waals surface area contributed by atoms with Gasteiger partial charge < -0.3 is 8.92 Å². The topological polar surface area (TPSA) is 69.7 Å². The Hall–Kier alpha value is -2.76. The fraction of sp³-hybridized carbons (Fsp3) is 0.381. The minimum absolute atomic E-state index is 0.0475. The predicted octanol–water partition coefficient (Wildman–Crippen LogP) is 5.90. The molecule has 0 aliphatic carbocycles. The Balaban J connectivity index is 2.66. The molecule has 5 nitrogen and oxygen atoms in total. The van der Waals surface area contributed by atoms with Gasteiger partial charge in [0.2, 0.25) is 0 Å². The van der Waals surface area contributed by atoms with Crippen LogP contribution in [0.15, 0.2) is 42.5 Å². The van der Waals surface area contributed by atoms with Crippen LogP contribution in [0.2, 0.25) is 0 Å². The standard InChI is InChI=1S/C21H20F6O5S/c1-12(2)8-18(19(28)31-3)15-9-14(13-4-6-16(7-5-13)20(22,23)24)10-17(11-15)32-33(29,30)21(25,26)27/h4-7,9-12,18H,8H2,1-3H3/t18-/m1/s1. The van der Waals surface area contributed by atoms with Crippen molar-refractivity contribution in [3.8, 4) is 16.9 Å². The SMILES string of the molecule is COC(=O)[C@H](CC(C)C)c1cc(OS(=O)(=O)C(F)(F)F)cc(-c2ccc(C(F)(F)F)cc2)c1. The van der Waals surface area contributed by atoms with E-state index < -0.39 is 45.0 Å². The van der Waals surface area contributed by atoms with Crippen molar-refractivity contribution >= 4 is 16.1 Å². The summed E-state index contributed by atoms with van der Waals surface area (Å²) in [5.74, 6) is -2.53. The van der Waals surface area contributed by atoms with E-state index in [9.17, 15) is 39.6 Å². The van der Waals surface area contributed by atoms with Crippen LogP contribution in [-0.2, 0) is 25.8 Å². The zero-order valence-electron chi connectivity index (χ0n) is 17.6. The average molecular weight is 498 g/mol. The van der Waals surface area contributed by atoms with E-state index in [0.29, 0.717) is 0 Å². The van der Waals surface area contributed by atoms with E-state index >= 15 is 0 Å². The van der Waals surface area contributed by atoms with Gasteiger partial charge in [-0.25, -0.2) is 0 Å². The first-order chi connectivity index (χ1) is 15.0. The molecule has 0 spiro atoms. The van der Waals surface area contributed by atoms with Crippen molar-refractivity contribution in [2.24, 2.45) is 5.92 Å². The van der Waals surface area contributed by atoms with E-state index in [-0.39, 0.29) is 29.0 Å². The zero-order chi connectivity index (χ0) is 25.2. The monoisotopic (exact) mass is 498 g/mol. The first kappa shape index (κ1) is 26.5. The van der Waals surface area contributed by atoms with E-state index in [1.807, 2.05) is 0 Å². The lowest BCUT2D eigenvalue weighted by Gasteiger charge is -2.20. The van der Waals surface area contributed by atoms with Crippen molar-refractivity contribution in [2.45, 2.75) is 37.9 Å². The Morgan fingerprint density at radius 2 is 1.52 bits per heavy atom. The summed E-state index contributed by atoms with van der Waals surface area (Å²) < 4.78 is 109. The van der Waals surface area contributed by atoms with Crippen LogP contribution in [0.5, 0.6) is 5.75 Å². The molecule has 2 aromatic rings. The van der Waals surface area contributed by atoms with Gasteiger partial charge in [-0.1, -0.05) is 32.0 Å². The molecule has 182 valence electrons. The van der Waals surface area contributed by atoms with Gasteiger partial charge >= 0.3 is 27.8 Å². The van der Waals surface area contributed by atoms with Gasteiger partial charge in [0.05, 0.1) is 18.6 Å². The summed E-state index contributed by atoms with van der Waals surface area (Å²) in [6, 6.07) is 6.92. The Morgan fingerprint density at radius 1 is 0.939 bits per heavy atom. The van der Waals surface area contributed by atoms with Crippen LogP contribution in [0.4, 0.5) is 26.3 Å². The average Bonchev–Trinajstić information content (AvgIpc) is 2.69. The number of halogens is 6. The van der Waals surface area contributed by atoms with Crippen LogP contribution in [-0.4, -0.2) is 27.0 Å². The highest BCUT2D eigenvalue weighted by Gasteiger charge is 2.48. The van der Waals surface area contributed by atoms with E-state index in [0.717, 1.165) is 43.5 Å². The van der Waals surface area contributed by atoms with E-state index in [2.05, 4.69) is 4.18 Å². The number of benzene rings is 2. The second kappa shape index (κ2) is 9.62. The number of alkyl halides is 6. The molecule has 33 heavy (non-hydrogen) atoms. The molecule has 0 aliphatic rings. The smallest absolute Gasteiger partial charge is 0.469 e. The van der Waals surface area contributed by atoms with Crippen LogP contribution >= 0.6 is 0 Å². The van der Waals surface area contributed by atoms with E-state index in [4.69, 9.17) is 4.74 Å². The maximum atomic E-state index is 12.9. The molecule has 0 saturated heterocycles. The lowest BCUT2D eigenvalue weighted by atomic mass is 9.88. The van der Waals surface area contributed by atoms with Crippen LogP contribution < -0.4 is 4.18 Å². The summed E-state index contributed by atoms with van der Waals surface area (Å²) in [6.45, 7) is 3.56. The summed E-state index contributed by atoms with van der Waals surface area (Å²) in [4.78, 5) is 12.3. The Morgan fingerprint density at radius 3 is 1.97 bits per heavy atom. The molecular weight excluding hydrogens is 478 g/mol. The third-order valence-electron chi connectivity index (χ3n) is 4.56. The summed E-state index contributed by atoms with van der Waals surface area (Å²) in [5, 5.41) is 0. The van der Waals surface area contributed by atoms with E-state index in [1.165, 1.54) is 6.07 Å². The summed E-state index contributed by atoms with van der Waals surface area (Å²) >= 11 is 0. The molecular formula is C21H20F6O5S. The van der Waals surface area contributed by atoms with Crippen molar-refractivity contribution < 1.29 is 48.5 Å². The lowest BCUT2D eigenvalue weighted by molar-refractivity contribution is -0.143. The number of hydrogen-bond donors (Lipinski definition) is 0.